The number of nitrogens with one attached hydrogen (secondary N) is 2. The molecule has 0 aromatic heterocycles. The summed E-state index contributed by atoms with van der Waals surface area (Å²) in [4.78, 5) is 24.3. The first-order valence-corrected chi connectivity index (χ1v) is 7.99. The lowest BCUT2D eigenvalue weighted by atomic mass is 10.1. The summed E-state index contributed by atoms with van der Waals surface area (Å²) in [6.45, 7) is 4.44. The van der Waals surface area contributed by atoms with Crippen molar-refractivity contribution in [1.82, 2.24) is 0 Å². The summed E-state index contributed by atoms with van der Waals surface area (Å²) in [5, 5.41) is 5.67. The van der Waals surface area contributed by atoms with Gasteiger partial charge in [0.05, 0.1) is 11.4 Å². The van der Waals surface area contributed by atoms with Crippen molar-refractivity contribution < 1.29 is 9.59 Å². The number of carbonyl (C=O) groups excluding carboxylic acids is 2. The Balaban J connectivity index is 2.13. The minimum atomic E-state index is -0.207. The highest BCUT2D eigenvalue weighted by atomic mass is 16.2. The van der Waals surface area contributed by atoms with Gasteiger partial charge in [-0.25, -0.2) is 0 Å². The van der Waals surface area contributed by atoms with E-state index in [1.54, 1.807) is 18.2 Å². The summed E-state index contributed by atoms with van der Waals surface area (Å²) >= 11 is 0. The maximum Gasteiger partial charge on any atom is 0.255 e. The van der Waals surface area contributed by atoms with Crippen LogP contribution in [0.4, 0.5) is 11.4 Å². The molecule has 0 unspecified atom stereocenters. The van der Waals surface area contributed by atoms with E-state index in [0.717, 1.165) is 11.1 Å². The van der Waals surface area contributed by atoms with Crippen LogP contribution >= 0.6 is 0 Å². The number of hydrogen-bond donors (Lipinski definition) is 3. The Morgan fingerprint density at radius 3 is 2.25 bits per heavy atom. The van der Waals surface area contributed by atoms with Gasteiger partial charge in [0, 0.05) is 12.0 Å². The number of amides is 2. The predicted molar refractivity (Wildman–Crippen MR) is 97.2 cm³/mol. The molecule has 2 amide bonds. The summed E-state index contributed by atoms with van der Waals surface area (Å²) in [7, 11) is 0. The van der Waals surface area contributed by atoms with Crippen molar-refractivity contribution >= 4 is 23.2 Å². The maximum atomic E-state index is 12.4. The molecule has 5 heteroatoms. The quantitative estimate of drug-likeness (QED) is 0.762. The first kappa shape index (κ1) is 17.7. The van der Waals surface area contributed by atoms with Crippen LogP contribution < -0.4 is 16.4 Å². The molecule has 0 aliphatic carbocycles. The molecule has 0 aliphatic heterocycles. The Labute approximate surface area is 142 Å². The molecule has 5 nitrogen and oxygen atoms in total. The topological polar surface area (TPSA) is 84.2 Å². The second-order valence-corrected chi connectivity index (χ2v) is 5.74. The fourth-order valence-electron chi connectivity index (χ4n) is 2.25. The number of benzene rings is 2. The highest BCUT2D eigenvalue weighted by Crippen LogP contribution is 2.22. The van der Waals surface area contributed by atoms with E-state index in [9.17, 15) is 9.59 Å². The van der Waals surface area contributed by atoms with Gasteiger partial charge in [-0.15, -0.1) is 0 Å². The van der Waals surface area contributed by atoms with E-state index in [1.807, 2.05) is 38.1 Å². The van der Waals surface area contributed by atoms with Gasteiger partial charge in [0.2, 0.25) is 5.91 Å². The first-order chi connectivity index (χ1) is 11.5. The molecule has 0 heterocycles. The van der Waals surface area contributed by atoms with Crippen molar-refractivity contribution in [1.29, 1.82) is 0 Å². The fourth-order valence-corrected chi connectivity index (χ4v) is 2.25. The molecular weight excluding hydrogens is 302 g/mol. The molecule has 0 bridgehead atoms. The number of anilines is 2. The van der Waals surface area contributed by atoms with E-state index in [4.69, 9.17) is 5.73 Å². The van der Waals surface area contributed by atoms with E-state index in [2.05, 4.69) is 10.6 Å². The van der Waals surface area contributed by atoms with Gasteiger partial charge in [0.15, 0.2) is 0 Å². The van der Waals surface area contributed by atoms with E-state index in [0.29, 0.717) is 36.3 Å². The normalized spacial score (nSPS) is 10.3. The summed E-state index contributed by atoms with van der Waals surface area (Å²) in [6, 6.07) is 12.7. The molecule has 0 aliphatic rings. The van der Waals surface area contributed by atoms with Crippen LogP contribution in [0.1, 0.15) is 34.3 Å². The number of aryl methyl sites for hydroxylation is 2. The molecule has 4 N–H and O–H groups in total. The number of hydrogen-bond acceptors (Lipinski definition) is 3. The minimum Gasteiger partial charge on any atom is -0.330 e. The number of para-hydroxylation sites is 2. The smallest absolute Gasteiger partial charge is 0.255 e. The zero-order valence-electron chi connectivity index (χ0n) is 14.1. The van der Waals surface area contributed by atoms with E-state index < -0.39 is 0 Å². The molecule has 0 atom stereocenters. The second-order valence-electron chi connectivity index (χ2n) is 5.74. The Hall–Kier alpha value is -2.66. The molecule has 0 saturated heterocycles. The summed E-state index contributed by atoms with van der Waals surface area (Å²) in [5.74, 6) is -0.324. The third-order valence-electron chi connectivity index (χ3n) is 3.83. The van der Waals surface area contributed by atoms with Gasteiger partial charge in [-0.3, -0.25) is 9.59 Å². The van der Waals surface area contributed by atoms with E-state index >= 15 is 0 Å². The van der Waals surface area contributed by atoms with Crippen molar-refractivity contribution in [3.63, 3.8) is 0 Å². The second kappa shape index (κ2) is 8.26. The lowest BCUT2D eigenvalue weighted by Gasteiger charge is -2.13. The number of nitrogens with two attached hydrogens (primary N) is 1. The van der Waals surface area contributed by atoms with Crippen molar-refractivity contribution in [2.75, 3.05) is 17.2 Å². The molecule has 0 spiro atoms. The summed E-state index contributed by atoms with van der Waals surface area (Å²) in [6.07, 6.45) is 0.985. The lowest BCUT2D eigenvalue weighted by molar-refractivity contribution is -0.116. The molecule has 0 radical (unpaired) electrons. The van der Waals surface area contributed by atoms with Gasteiger partial charge < -0.3 is 16.4 Å². The fraction of sp³-hybridized carbons (Fsp3) is 0.263. The van der Waals surface area contributed by atoms with Gasteiger partial charge in [-0.1, -0.05) is 18.2 Å². The Morgan fingerprint density at radius 2 is 1.62 bits per heavy atom. The average Bonchev–Trinajstić information content (AvgIpc) is 2.57. The Bertz CT molecular complexity index is 741. The molecule has 0 saturated carbocycles. The van der Waals surface area contributed by atoms with Crippen LogP contribution in [-0.2, 0) is 4.79 Å². The van der Waals surface area contributed by atoms with Gasteiger partial charge in [0.1, 0.15) is 0 Å². The van der Waals surface area contributed by atoms with Crippen LogP contribution in [0.3, 0.4) is 0 Å². The molecule has 126 valence electrons. The van der Waals surface area contributed by atoms with Gasteiger partial charge >= 0.3 is 0 Å². The van der Waals surface area contributed by atoms with Gasteiger partial charge in [-0.05, 0) is 62.2 Å². The minimum absolute atomic E-state index is 0.117. The Morgan fingerprint density at radius 1 is 0.958 bits per heavy atom. The van der Waals surface area contributed by atoms with Crippen LogP contribution in [0.15, 0.2) is 42.5 Å². The average molecular weight is 325 g/mol. The highest BCUT2D eigenvalue weighted by Gasteiger charge is 2.11. The molecule has 24 heavy (non-hydrogen) atoms. The first-order valence-electron chi connectivity index (χ1n) is 7.99. The molecule has 0 fully saturated rings. The van der Waals surface area contributed by atoms with Gasteiger partial charge in [-0.2, -0.15) is 0 Å². The molecule has 2 aromatic rings. The van der Waals surface area contributed by atoms with Crippen LogP contribution in [-0.4, -0.2) is 18.4 Å². The SMILES string of the molecule is Cc1ccc(C(=O)Nc2ccccc2NC(=O)CCCN)cc1C. The standard InChI is InChI=1S/C19H23N3O2/c1-13-9-10-15(12-14(13)2)19(24)22-17-7-4-3-6-16(17)21-18(23)8-5-11-20/h3-4,6-7,9-10,12H,5,8,11,20H2,1-2H3,(H,21,23)(H,22,24). The van der Waals surface area contributed by atoms with Crippen molar-refractivity contribution in [2.45, 2.75) is 26.7 Å². The van der Waals surface area contributed by atoms with Crippen LogP contribution in [0.25, 0.3) is 0 Å². The zero-order valence-corrected chi connectivity index (χ0v) is 14.1. The summed E-state index contributed by atoms with van der Waals surface area (Å²) in [5.41, 5.74) is 9.35. The maximum absolute atomic E-state index is 12.4. The van der Waals surface area contributed by atoms with E-state index in [1.165, 1.54) is 0 Å². The largest absolute Gasteiger partial charge is 0.330 e. The van der Waals surface area contributed by atoms with Gasteiger partial charge in [0.25, 0.3) is 5.91 Å². The van der Waals surface area contributed by atoms with Crippen LogP contribution in [0, 0.1) is 13.8 Å². The van der Waals surface area contributed by atoms with Crippen LogP contribution in [0.5, 0.6) is 0 Å². The van der Waals surface area contributed by atoms with Crippen molar-refractivity contribution in [3.8, 4) is 0 Å². The molecule has 2 rings (SSSR count). The lowest BCUT2D eigenvalue weighted by Crippen LogP contribution is -2.17. The van der Waals surface area contributed by atoms with Crippen molar-refractivity contribution in [3.05, 3.63) is 59.2 Å². The number of carbonyl (C=O) groups is 2. The third-order valence-corrected chi connectivity index (χ3v) is 3.83. The molecular formula is C19H23N3O2. The predicted octanol–water partition coefficient (Wildman–Crippen LogP) is 3.23. The van der Waals surface area contributed by atoms with E-state index in [-0.39, 0.29) is 11.8 Å². The van der Waals surface area contributed by atoms with Crippen LogP contribution in [0.2, 0.25) is 0 Å². The monoisotopic (exact) mass is 325 g/mol. The molecule has 2 aromatic carbocycles. The zero-order chi connectivity index (χ0) is 17.5. The summed E-state index contributed by atoms with van der Waals surface area (Å²) < 4.78 is 0. The Kier molecular flexibility index (Phi) is 6.09. The number of rotatable bonds is 6. The highest BCUT2D eigenvalue weighted by molar-refractivity contribution is 6.07. The third kappa shape index (κ3) is 4.67. The van der Waals surface area contributed by atoms with Crippen molar-refractivity contribution in [2.24, 2.45) is 5.73 Å².